The van der Waals surface area contributed by atoms with Crippen LogP contribution in [0.3, 0.4) is 0 Å². The molecule has 1 aromatic heterocycles. The molecule has 0 aliphatic carbocycles. The molecule has 0 spiro atoms. The monoisotopic (exact) mass is 382 g/mol. The lowest BCUT2D eigenvalue weighted by molar-refractivity contribution is 0.133. The zero-order valence-corrected chi connectivity index (χ0v) is 17.0. The van der Waals surface area contributed by atoms with Gasteiger partial charge in [-0.15, -0.1) is 0 Å². The van der Waals surface area contributed by atoms with Gasteiger partial charge in [0.05, 0.1) is 12.8 Å². The molecule has 1 aliphatic rings. The number of hydrogen-bond donors (Lipinski definition) is 1. The number of urea groups is 1. The van der Waals surface area contributed by atoms with E-state index in [1.54, 1.807) is 7.11 Å². The van der Waals surface area contributed by atoms with Crippen LogP contribution in [0, 0.1) is 6.92 Å². The van der Waals surface area contributed by atoms with Crippen LogP contribution in [-0.4, -0.2) is 60.6 Å². The largest absolute Gasteiger partial charge is 0.495 e. The summed E-state index contributed by atoms with van der Waals surface area (Å²) in [5.41, 5.74) is 2.91. The number of pyridine rings is 1. The van der Waals surface area contributed by atoms with Crippen molar-refractivity contribution in [3.05, 3.63) is 53.9 Å². The molecule has 0 radical (unpaired) electrons. The molecule has 6 heteroatoms. The molecular formula is C22H30N4O2. The Labute approximate surface area is 167 Å². The highest BCUT2D eigenvalue weighted by atomic mass is 16.5. The number of nitrogens with one attached hydrogen (secondary N) is 1. The van der Waals surface area contributed by atoms with Crippen molar-refractivity contribution in [3.63, 3.8) is 0 Å². The third kappa shape index (κ3) is 5.23. The van der Waals surface area contributed by atoms with E-state index in [9.17, 15) is 4.79 Å². The normalized spacial score (nSPS) is 16.9. The van der Waals surface area contributed by atoms with Crippen molar-refractivity contribution in [1.82, 2.24) is 14.8 Å². The number of anilines is 1. The third-order valence-corrected chi connectivity index (χ3v) is 5.35. The molecule has 1 aromatic carbocycles. The maximum absolute atomic E-state index is 12.8. The molecule has 1 N–H and O–H groups in total. The maximum Gasteiger partial charge on any atom is 0.322 e. The highest BCUT2D eigenvalue weighted by molar-refractivity contribution is 5.91. The van der Waals surface area contributed by atoms with Gasteiger partial charge in [0.15, 0.2) is 0 Å². The summed E-state index contributed by atoms with van der Waals surface area (Å²) in [7, 11) is 3.76. The van der Waals surface area contributed by atoms with Crippen LogP contribution >= 0.6 is 0 Å². The van der Waals surface area contributed by atoms with Gasteiger partial charge in [-0.05, 0) is 56.6 Å². The van der Waals surface area contributed by atoms with Crippen molar-refractivity contribution in [3.8, 4) is 5.75 Å². The Bertz CT molecular complexity index is 781. The number of hydrogen-bond acceptors (Lipinski definition) is 4. The van der Waals surface area contributed by atoms with Gasteiger partial charge in [-0.1, -0.05) is 12.1 Å². The Morgan fingerprint density at radius 3 is 2.96 bits per heavy atom. The number of amides is 2. The number of methoxy groups -OCH3 is 1. The van der Waals surface area contributed by atoms with E-state index in [4.69, 9.17) is 4.74 Å². The number of carbonyl (C=O) groups excluding carboxylic acids is 1. The van der Waals surface area contributed by atoms with E-state index < -0.39 is 0 Å². The quantitative estimate of drug-likeness (QED) is 0.830. The fourth-order valence-corrected chi connectivity index (χ4v) is 3.63. The van der Waals surface area contributed by atoms with Gasteiger partial charge in [0.1, 0.15) is 5.75 Å². The van der Waals surface area contributed by atoms with Crippen LogP contribution in [-0.2, 0) is 6.42 Å². The number of aromatic nitrogens is 1. The van der Waals surface area contributed by atoms with Gasteiger partial charge in [0.25, 0.3) is 0 Å². The Morgan fingerprint density at radius 1 is 1.36 bits per heavy atom. The molecular weight excluding hydrogens is 352 g/mol. The molecule has 3 rings (SSSR count). The van der Waals surface area contributed by atoms with E-state index in [-0.39, 0.29) is 6.03 Å². The topological polar surface area (TPSA) is 57.7 Å². The summed E-state index contributed by atoms with van der Waals surface area (Å²) in [6.45, 7) is 4.45. The van der Waals surface area contributed by atoms with Crippen molar-refractivity contribution in [2.45, 2.75) is 32.2 Å². The molecule has 1 atom stereocenters. The van der Waals surface area contributed by atoms with Crippen LogP contribution in [0.1, 0.15) is 24.1 Å². The van der Waals surface area contributed by atoms with E-state index in [0.717, 1.165) is 55.8 Å². The lowest BCUT2D eigenvalue weighted by atomic mass is 10.0. The predicted molar refractivity (Wildman–Crippen MR) is 112 cm³/mol. The first-order valence-corrected chi connectivity index (χ1v) is 9.87. The van der Waals surface area contributed by atoms with Crippen LogP contribution in [0.2, 0.25) is 0 Å². The average Bonchev–Trinajstić information content (AvgIpc) is 2.73. The predicted octanol–water partition coefficient (Wildman–Crippen LogP) is 3.57. The number of benzene rings is 1. The minimum absolute atomic E-state index is 0.0632. The lowest BCUT2D eigenvalue weighted by Gasteiger charge is -2.37. The molecule has 28 heavy (non-hydrogen) atoms. The summed E-state index contributed by atoms with van der Waals surface area (Å²) in [4.78, 5) is 21.5. The second-order valence-corrected chi connectivity index (χ2v) is 7.43. The summed E-state index contributed by atoms with van der Waals surface area (Å²) in [6.07, 6.45) is 4.87. The Kier molecular flexibility index (Phi) is 6.87. The fraction of sp³-hybridized carbons (Fsp3) is 0.455. The summed E-state index contributed by atoms with van der Waals surface area (Å²) >= 11 is 0. The summed E-state index contributed by atoms with van der Waals surface area (Å²) < 4.78 is 5.37. The lowest BCUT2D eigenvalue weighted by Crippen LogP contribution is -2.50. The second-order valence-electron chi connectivity index (χ2n) is 7.43. The Balaban J connectivity index is 1.56. The van der Waals surface area contributed by atoms with Crippen LogP contribution in [0.15, 0.2) is 42.6 Å². The van der Waals surface area contributed by atoms with E-state index in [1.165, 1.54) is 0 Å². The Morgan fingerprint density at radius 2 is 2.21 bits per heavy atom. The highest BCUT2D eigenvalue weighted by Gasteiger charge is 2.26. The number of rotatable bonds is 6. The minimum atomic E-state index is -0.0632. The molecule has 2 heterocycles. The highest BCUT2D eigenvalue weighted by Crippen LogP contribution is 2.26. The molecule has 150 valence electrons. The fourth-order valence-electron chi connectivity index (χ4n) is 3.63. The molecule has 6 nitrogen and oxygen atoms in total. The van der Waals surface area contributed by atoms with E-state index in [2.05, 4.69) is 28.3 Å². The van der Waals surface area contributed by atoms with Crippen molar-refractivity contribution in [2.24, 2.45) is 0 Å². The van der Waals surface area contributed by atoms with Gasteiger partial charge in [-0.25, -0.2) is 4.79 Å². The SMILES string of the molecule is COc1ccc(C)cc1NC(=O)N1CCC[C@H](N(C)CCc2ccccn2)C1. The molecule has 1 fully saturated rings. The number of aryl methyl sites for hydroxylation is 1. The van der Waals surface area contributed by atoms with Crippen molar-refractivity contribution >= 4 is 11.7 Å². The number of likely N-dealkylation sites (N-methyl/N-ethyl adjacent to an activating group) is 1. The van der Waals surface area contributed by atoms with Gasteiger partial charge < -0.3 is 19.9 Å². The van der Waals surface area contributed by atoms with Crippen LogP contribution in [0.5, 0.6) is 5.75 Å². The molecule has 1 aliphatic heterocycles. The third-order valence-electron chi connectivity index (χ3n) is 5.35. The first kappa shape index (κ1) is 20.1. The van der Waals surface area contributed by atoms with Gasteiger partial charge in [-0.3, -0.25) is 4.98 Å². The van der Waals surface area contributed by atoms with E-state index >= 15 is 0 Å². The number of ether oxygens (including phenoxy) is 1. The van der Waals surface area contributed by atoms with Gasteiger partial charge in [-0.2, -0.15) is 0 Å². The summed E-state index contributed by atoms with van der Waals surface area (Å²) in [5, 5.41) is 3.02. The molecule has 0 saturated carbocycles. The Hall–Kier alpha value is -2.60. The summed E-state index contributed by atoms with van der Waals surface area (Å²) in [6, 6.07) is 12.1. The van der Waals surface area contributed by atoms with Crippen LogP contribution < -0.4 is 10.1 Å². The van der Waals surface area contributed by atoms with E-state index in [1.807, 2.05) is 48.4 Å². The van der Waals surface area contributed by atoms with Crippen molar-refractivity contribution < 1.29 is 9.53 Å². The standard InChI is InChI=1S/C22H30N4O2/c1-17-9-10-21(28-3)20(15-17)24-22(27)26-13-6-8-19(16-26)25(2)14-11-18-7-4-5-12-23-18/h4-5,7,9-10,12,15,19H,6,8,11,13-14,16H2,1-3H3,(H,24,27)/t19-/m0/s1. The molecule has 1 saturated heterocycles. The minimum Gasteiger partial charge on any atom is -0.495 e. The molecule has 2 aromatic rings. The summed E-state index contributed by atoms with van der Waals surface area (Å²) in [5.74, 6) is 0.681. The number of carbonyl (C=O) groups is 1. The van der Waals surface area contributed by atoms with Gasteiger partial charge in [0.2, 0.25) is 0 Å². The van der Waals surface area contributed by atoms with E-state index in [0.29, 0.717) is 11.8 Å². The molecule has 2 amide bonds. The average molecular weight is 383 g/mol. The van der Waals surface area contributed by atoms with Crippen LogP contribution in [0.4, 0.5) is 10.5 Å². The van der Waals surface area contributed by atoms with Gasteiger partial charge >= 0.3 is 6.03 Å². The number of likely N-dealkylation sites (tertiary alicyclic amines) is 1. The maximum atomic E-state index is 12.8. The first-order valence-electron chi connectivity index (χ1n) is 9.87. The smallest absolute Gasteiger partial charge is 0.322 e. The second kappa shape index (κ2) is 9.55. The van der Waals surface area contributed by atoms with Crippen molar-refractivity contribution in [2.75, 3.05) is 39.1 Å². The number of nitrogens with zero attached hydrogens (tertiary/aromatic N) is 3. The molecule has 0 bridgehead atoms. The van der Waals surface area contributed by atoms with Crippen LogP contribution in [0.25, 0.3) is 0 Å². The van der Waals surface area contributed by atoms with Crippen molar-refractivity contribution in [1.29, 1.82) is 0 Å². The molecule has 0 unspecified atom stereocenters. The zero-order valence-electron chi connectivity index (χ0n) is 17.0. The first-order chi connectivity index (χ1) is 13.6. The zero-order chi connectivity index (χ0) is 19.9. The van der Waals surface area contributed by atoms with Gasteiger partial charge in [0, 0.05) is 44.0 Å². The number of piperidine rings is 1.